The molecule has 1 fully saturated rings. The first-order valence-electron chi connectivity index (χ1n) is 8.66. The molecule has 0 saturated carbocycles. The molecule has 0 radical (unpaired) electrons. The zero-order valence-corrected chi connectivity index (χ0v) is 18.0. The Morgan fingerprint density at radius 1 is 1.46 bits per heavy atom. The van der Waals surface area contributed by atoms with Gasteiger partial charge in [-0.15, -0.1) is 24.0 Å². The van der Waals surface area contributed by atoms with Crippen molar-refractivity contribution >= 4 is 29.9 Å². The second kappa shape index (κ2) is 10.3. The van der Waals surface area contributed by atoms with E-state index in [-0.39, 0.29) is 30.0 Å². The van der Waals surface area contributed by atoms with Gasteiger partial charge in [-0.3, -0.25) is 9.89 Å². The monoisotopic (exact) mass is 448 g/mol. The fraction of sp³-hybridized carbons (Fsp3) is 0.722. The van der Waals surface area contributed by atoms with Gasteiger partial charge >= 0.3 is 0 Å². The Morgan fingerprint density at radius 3 is 2.75 bits per heavy atom. The molecule has 6 heteroatoms. The van der Waals surface area contributed by atoms with Crippen molar-refractivity contribution in [2.75, 3.05) is 40.8 Å². The number of hydrogen-bond acceptors (Lipinski definition) is 3. The molecular formula is C18H33IN4O. The topological polar surface area (TPSA) is 44.0 Å². The molecule has 0 aliphatic carbocycles. The van der Waals surface area contributed by atoms with Gasteiger partial charge in [0.2, 0.25) is 0 Å². The highest BCUT2D eigenvalue weighted by Crippen LogP contribution is 2.23. The van der Waals surface area contributed by atoms with Crippen molar-refractivity contribution in [3.8, 4) is 0 Å². The highest BCUT2D eigenvalue weighted by Gasteiger charge is 2.26. The number of halogens is 1. The van der Waals surface area contributed by atoms with Crippen molar-refractivity contribution in [2.45, 2.75) is 32.7 Å². The van der Waals surface area contributed by atoms with Crippen LogP contribution in [0.4, 0.5) is 0 Å². The zero-order chi connectivity index (χ0) is 16.8. The summed E-state index contributed by atoms with van der Waals surface area (Å²) in [7, 11) is 6.02. The summed E-state index contributed by atoms with van der Waals surface area (Å²) in [6.45, 7) is 7.62. The van der Waals surface area contributed by atoms with E-state index in [9.17, 15) is 0 Å². The van der Waals surface area contributed by atoms with Crippen LogP contribution in [0.5, 0.6) is 0 Å². The molecule has 1 aliphatic rings. The van der Waals surface area contributed by atoms with Crippen LogP contribution >= 0.6 is 24.0 Å². The van der Waals surface area contributed by atoms with Crippen LogP contribution in [0.2, 0.25) is 0 Å². The van der Waals surface area contributed by atoms with Crippen molar-refractivity contribution in [1.82, 2.24) is 15.1 Å². The summed E-state index contributed by atoms with van der Waals surface area (Å²) in [5, 5.41) is 3.53. The molecular weight excluding hydrogens is 415 g/mol. The minimum atomic E-state index is 0. The van der Waals surface area contributed by atoms with Crippen LogP contribution in [0.15, 0.2) is 27.8 Å². The second-order valence-corrected chi connectivity index (χ2v) is 7.15. The Bertz CT molecular complexity index is 487. The largest absolute Gasteiger partial charge is 0.468 e. The highest BCUT2D eigenvalue weighted by molar-refractivity contribution is 14.0. The van der Waals surface area contributed by atoms with Crippen LogP contribution in [0, 0.1) is 11.8 Å². The number of furan rings is 1. The first-order chi connectivity index (χ1) is 11.0. The zero-order valence-electron chi connectivity index (χ0n) is 15.7. The quantitative estimate of drug-likeness (QED) is 0.412. The molecule has 1 saturated heterocycles. The summed E-state index contributed by atoms with van der Waals surface area (Å²) < 4.78 is 5.57. The van der Waals surface area contributed by atoms with E-state index in [0.717, 1.165) is 43.2 Å². The van der Waals surface area contributed by atoms with Gasteiger partial charge in [-0.05, 0) is 50.9 Å². The molecule has 0 aromatic carbocycles. The third kappa shape index (κ3) is 5.95. The lowest BCUT2D eigenvalue weighted by molar-refractivity contribution is 0.256. The molecule has 2 atom stereocenters. The predicted octanol–water partition coefficient (Wildman–Crippen LogP) is 3.44. The van der Waals surface area contributed by atoms with Crippen molar-refractivity contribution < 1.29 is 4.42 Å². The average Bonchev–Trinajstić information content (AvgIpc) is 3.14. The molecule has 24 heavy (non-hydrogen) atoms. The van der Waals surface area contributed by atoms with Crippen molar-refractivity contribution in [3.63, 3.8) is 0 Å². The first-order valence-corrected chi connectivity index (χ1v) is 8.66. The summed E-state index contributed by atoms with van der Waals surface area (Å²) in [4.78, 5) is 9.04. The van der Waals surface area contributed by atoms with Gasteiger partial charge in [0.05, 0.1) is 12.3 Å². The van der Waals surface area contributed by atoms with E-state index in [1.165, 1.54) is 12.8 Å². The summed E-state index contributed by atoms with van der Waals surface area (Å²) >= 11 is 0. The fourth-order valence-electron chi connectivity index (χ4n) is 3.42. The molecule has 138 valence electrons. The highest BCUT2D eigenvalue weighted by atomic mass is 127. The number of nitrogens with zero attached hydrogens (tertiary/aromatic N) is 3. The number of hydrogen-bond donors (Lipinski definition) is 1. The number of aliphatic imine (C=N–C) groups is 1. The molecule has 1 aromatic rings. The Balaban J connectivity index is 0.00000288. The van der Waals surface area contributed by atoms with E-state index in [1.807, 2.05) is 19.2 Å². The summed E-state index contributed by atoms with van der Waals surface area (Å²) in [5.41, 5.74) is 0. The standard InChI is InChI=1S/C18H32N4O.HI/c1-14(2)11-15-8-9-22(13-15)18(19-3)20-12-16(21(4)5)17-7-6-10-23-17;/h6-7,10,14-16H,8-9,11-13H2,1-5H3,(H,19,20);1H. The van der Waals surface area contributed by atoms with E-state index in [4.69, 9.17) is 4.42 Å². The van der Waals surface area contributed by atoms with Gasteiger partial charge in [0, 0.05) is 26.7 Å². The van der Waals surface area contributed by atoms with Crippen LogP contribution in [-0.4, -0.2) is 56.5 Å². The van der Waals surface area contributed by atoms with E-state index in [0.29, 0.717) is 0 Å². The molecule has 1 aromatic heterocycles. The Labute approximate surface area is 163 Å². The maximum absolute atomic E-state index is 5.57. The van der Waals surface area contributed by atoms with Gasteiger partial charge in [0.15, 0.2) is 5.96 Å². The Hall–Kier alpha value is -0.760. The van der Waals surface area contributed by atoms with E-state index in [1.54, 1.807) is 6.26 Å². The SMILES string of the molecule is CN=C(NCC(c1ccco1)N(C)C)N1CCC(CC(C)C)C1.I. The minimum absolute atomic E-state index is 0. The molecule has 1 N–H and O–H groups in total. The normalized spacial score (nSPS) is 19.7. The van der Waals surface area contributed by atoms with E-state index < -0.39 is 0 Å². The lowest BCUT2D eigenvalue weighted by Gasteiger charge is -2.27. The maximum Gasteiger partial charge on any atom is 0.193 e. The van der Waals surface area contributed by atoms with Gasteiger partial charge in [-0.25, -0.2) is 0 Å². The van der Waals surface area contributed by atoms with Crippen LogP contribution in [0.3, 0.4) is 0 Å². The number of guanidine groups is 1. The van der Waals surface area contributed by atoms with Crippen molar-refractivity contribution in [1.29, 1.82) is 0 Å². The first kappa shape index (κ1) is 21.3. The Morgan fingerprint density at radius 2 is 2.21 bits per heavy atom. The third-order valence-electron chi connectivity index (χ3n) is 4.55. The number of likely N-dealkylation sites (N-methyl/N-ethyl adjacent to an activating group) is 1. The van der Waals surface area contributed by atoms with Crippen molar-refractivity contribution in [3.05, 3.63) is 24.2 Å². The third-order valence-corrected chi connectivity index (χ3v) is 4.55. The lowest BCUT2D eigenvalue weighted by atomic mass is 9.97. The summed E-state index contributed by atoms with van der Waals surface area (Å²) in [5.74, 6) is 3.56. The summed E-state index contributed by atoms with van der Waals surface area (Å²) in [6, 6.07) is 4.18. The lowest BCUT2D eigenvalue weighted by Crippen LogP contribution is -2.43. The molecule has 0 bridgehead atoms. The van der Waals surface area contributed by atoms with Gasteiger partial charge in [0.1, 0.15) is 5.76 Å². The van der Waals surface area contributed by atoms with Gasteiger partial charge in [-0.2, -0.15) is 0 Å². The number of nitrogens with one attached hydrogen (secondary N) is 1. The minimum Gasteiger partial charge on any atom is -0.468 e. The number of rotatable bonds is 6. The molecule has 5 nitrogen and oxygen atoms in total. The van der Waals surface area contributed by atoms with Crippen LogP contribution in [-0.2, 0) is 0 Å². The smallest absolute Gasteiger partial charge is 0.193 e. The van der Waals surface area contributed by atoms with Crippen LogP contribution in [0.25, 0.3) is 0 Å². The molecule has 2 unspecified atom stereocenters. The predicted molar refractivity (Wildman–Crippen MR) is 111 cm³/mol. The summed E-state index contributed by atoms with van der Waals surface area (Å²) in [6.07, 6.45) is 4.31. The van der Waals surface area contributed by atoms with Gasteiger partial charge in [-0.1, -0.05) is 13.8 Å². The maximum atomic E-state index is 5.57. The number of likely N-dealkylation sites (tertiary alicyclic amines) is 1. The van der Waals surface area contributed by atoms with E-state index in [2.05, 4.69) is 48.1 Å². The second-order valence-electron chi connectivity index (χ2n) is 7.15. The van der Waals surface area contributed by atoms with Crippen LogP contribution < -0.4 is 5.32 Å². The Kier molecular flexibility index (Phi) is 9.12. The molecule has 1 aliphatic heterocycles. The molecule has 0 amide bonds. The molecule has 0 spiro atoms. The van der Waals surface area contributed by atoms with Gasteiger partial charge < -0.3 is 14.6 Å². The molecule has 2 heterocycles. The molecule has 2 rings (SSSR count). The van der Waals surface area contributed by atoms with Crippen molar-refractivity contribution in [2.24, 2.45) is 16.8 Å². The average molecular weight is 448 g/mol. The van der Waals surface area contributed by atoms with E-state index >= 15 is 0 Å². The fourth-order valence-corrected chi connectivity index (χ4v) is 3.42. The van der Waals surface area contributed by atoms with Crippen LogP contribution in [0.1, 0.15) is 38.5 Å². The van der Waals surface area contributed by atoms with Gasteiger partial charge in [0.25, 0.3) is 0 Å².